The maximum absolute atomic E-state index is 10.2. The summed E-state index contributed by atoms with van der Waals surface area (Å²) in [5, 5.41) is 13.6. The zero-order valence-corrected chi connectivity index (χ0v) is 18.4. The van der Waals surface area contributed by atoms with Crippen molar-refractivity contribution in [1.82, 2.24) is 0 Å². The molecule has 160 valence electrons. The number of rotatable bonds is 16. The van der Waals surface area contributed by atoms with E-state index in [4.69, 9.17) is 0 Å². The van der Waals surface area contributed by atoms with Gasteiger partial charge in [-0.2, -0.15) is 0 Å². The Kier molecular flexibility index (Phi) is 12.2. The number of aliphatic hydroxyl groups excluding tert-OH is 1. The van der Waals surface area contributed by atoms with Gasteiger partial charge in [-0.25, -0.2) is 0 Å². The summed E-state index contributed by atoms with van der Waals surface area (Å²) in [6, 6.07) is 18.9. The molecule has 2 heteroatoms. The first-order valence-corrected chi connectivity index (χ1v) is 11.9. The largest absolute Gasteiger partial charge is 0.393 e. The zero-order valence-electron chi connectivity index (χ0n) is 18.4. The monoisotopic (exact) mass is 395 g/mol. The van der Waals surface area contributed by atoms with Crippen LogP contribution in [-0.4, -0.2) is 11.2 Å². The minimum absolute atomic E-state index is 0.126. The van der Waals surface area contributed by atoms with Crippen LogP contribution in [0.25, 0.3) is 0 Å². The molecule has 2 N–H and O–H groups in total. The van der Waals surface area contributed by atoms with E-state index >= 15 is 0 Å². The third kappa shape index (κ3) is 11.1. The van der Waals surface area contributed by atoms with Crippen LogP contribution >= 0.6 is 0 Å². The van der Waals surface area contributed by atoms with Gasteiger partial charge < -0.3 is 10.4 Å². The molecule has 1 unspecified atom stereocenters. The molecule has 2 rings (SSSR count). The summed E-state index contributed by atoms with van der Waals surface area (Å²) in [7, 11) is 0. The van der Waals surface area contributed by atoms with E-state index in [2.05, 4.69) is 48.6 Å². The lowest BCUT2D eigenvalue weighted by Gasteiger charge is -2.11. The number of anilines is 2. The van der Waals surface area contributed by atoms with Crippen molar-refractivity contribution in [2.24, 2.45) is 0 Å². The van der Waals surface area contributed by atoms with Gasteiger partial charge in [-0.05, 0) is 55.5 Å². The van der Waals surface area contributed by atoms with Gasteiger partial charge in [0.1, 0.15) is 0 Å². The van der Waals surface area contributed by atoms with E-state index < -0.39 is 0 Å². The van der Waals surface area contributed by atoms with E-state index in [1.807, 2.05) is 18.2 Å². The molecule has 0 aliphatic heterocycles. The van der Waals surface area contributed by atoms with E-state index in [0.29, 0.717) is 0 Å². The average Bonchev–Trinajstić information content (AvgIpc) is 2.74. The fourth-order valence-electron chi connectivity index (χ4n) is 3.82. The predicted octanol–water partition coefficient (Wildman–Crippen LogP) is 8.03. The van der Waals surface area contributed by atoms with Gasteiger partial charge in [-0.1, -0.05) is 95.0 Å². The molecule has 0 aliphatic carbocycles. The van der Waals surface area contributed by atoms with Gasteiger partial charge in [-0.15, -0.1) is 0 Å². The fraction of sp³-hybridized carbons (Fsp3) is 0.556. The molecule has 0 aliphatic rings. The second-order valence-corrected chi connectivity index (χ2v) is 8.35. The molecule has 0 heterocycles. The molecule has 0 aromatic heterocycles. The molecule has 2 aromatic rings. The van der Waals surface area contributed by atoms with Gasteiger partial charge in [0.05, 0.1) is 6.10 Å². The molecule has 0 fully saturated rings. The third-order valence-corrected chi connectivity index (χ3v) is 5.66. The van der Waals surface area contributed by atoms with E-state index in [1.54, 1.807) is 0 Å². The summed E-state index contributed by atoms with van der Waals surface area (Å²) in [6.45, 7) is 2.27. The van der Waals surface area contributed by atoms with Crippen LogP contribution in [-0.2, 0) is 6.42 Å². The Hall–Kier alpha value is -1.80. The molecule has 0 saturated carbocycles. The lowest BCUT2D eigenvalue weighted by molar-refractivity contribution is 0.148. The smallest absolute Gasteiger partial charge is 0.0540 e. The molecule has 0 spiro atoms. The fourth-order valence-corrected chi connectivity index (χ4v) is 3.82. The highest BCUT2D eigenvalue weighted by Gasteiger charge is 2.04. The van der Waals surface area contributed by atoms with Crippen LogP contribution in [0, 0.1) is 0 Å². The van der Waals surface area contributed by atoms with E-state index in [9.17, 15) is 5.11 Å². The Morgan fingerprint density at radius 1 is 0.655 bits per heavy atom. The molecule has 0 amide bonds. The first-order chi connectivity index (χ1) is 14.3. The highest BCUT2D eigenvalue weighted by Crippen LogP contribution is 2.18. The van der Waals surface area contributed by atoms with Gasteiger partial charge in [0.15, 0.2) is 0 Å². The minimum atomic E-state index is -0.126. The average molecular weight is 396 g/mol. The van der Waals surface area contributed by atoms with Crippen molar-refractivity contribution < 1.29 is 5.11 Å². The van der Waals surface area contributed by atoms with Crippen LogP contribution in [0.15, 0.2) is 54.6 Å². The lowest BCUT2D eigenvalue weighted by Crippen LogP contribution is -2.06. The number of hydrogen-bond acceptors (Lipinski definition) is 2. The van der Waals surface area contributed by atoms with E-state index in [0.717, 1.165) is 37.1 Å². The summed E-state index contributed by atoms with van der Waals surface area (Å²) in [5.41, 5.74) is 3.57. The van der Waals surface area contributed by atoms with Crippen LogP contribution < -0.4 is 5.32 Å². The molecule has 0 bridgehead atoms. The number of aryl methyl sites for hydroxylation is 1. The first kappa shape index (κ1) is 23.5. The van der Waals surface area contributed by atoms with Crippen LogP contribution in [0.1, 0.15) is 89.5 Å². The minimum Gasteiger partial charge on any atom is -0.393 e. The number of benzene rings is 2. The summed E-state index contributed by atoms with van der Waals surface area (Å²) in [4.78, 5) is 0. The number of aliphatic hydroxyl groups is 1. The Labute approximate surface area is 178 Å². The SMILES string of the molecule is CCCCCCCCCCCC(O)CCCc1ccc(Nc2ccccc2)cc1. The van der Waals surface area contributed by atoms with Crippen molar-refractivity contribution in [2.75, 3.05) is 5.32 Å². The van der Waals surface area contributed by atoms with Crippen molar-refractivity contribution in [2.45, 2.75) is 96.5 Å². The molecule has 1 atom stereocenters. The van der Waals surface area contributed by atoms with E-state index in [-0.39, 0.29) is 6.10 Å². The van der Waals surface area contributed by atoms with Gasteiger partial charge in [0.2, 0.25) is 0 Å². The molecular weight excluding hydrogens is 354 g/mol. The summed E-state index contributed by atoms with van der Waals surface area (Å²) in [6.07, 6.45) is 15.9. The van der Waals surface area contributed by atoms with Crippen LogP contribution in [0.5, 0.6) is 0 Å². The van der Waals surface area contributed by atoms with Gasteiger partial charge in [0, 0.05) is 11.4 Å². The van der Waals surface area contributed by atoms with E-state index in [1.165, 1.54) is 63.4 Å². The third-order valence-electron chi connectivity index (χ3n) is 5.66. The van der Waals surface area contributed by atoms with Crippen LogP contribution in [0.4, 0.5) is 11.4 Å². The summed E-state index contributed by atoms with van der Waals surface area (Å²) < 4.78 is 0. The molecule has 0 saturated heterocycles. The Balaban J connectivity index is 1.49. The highest BCUT2D eigenvalue weighted by atomic mass is 16.3. The first-order valence-electron chi connectivity index (χ1n) is 11.9. The van der Waals surface area contributed by atoms with Crippen molar-refractivity contribution in [1.29, 1.82) is 0 Å². The molecular formula is C27H41NO. The molecule has 29 heavy (non-hydrogen) atoms. The van der Waals surface area contributed by atoms with Crippen molar-refractivity contribution >= 4 is 11.4 Å². The van der Waals surface area contributed by atoms with Gasteiger partial charge in [-0.3, -0.25) is 0 Å². The highest BCUT2D eigenvalue weighted by molar-refractivity contribution is 5.59. The van der Waals surface area contributed by atoms with Crippen LogP contribution in [0.3, 0.4) is 0 Å². The second-order valence-electron chi connectivity index (χ2n) is 8.35. The Morgan fingerprint density at radius 3 is 1.86 bits per heavy atom. The maximum Gasteiger partial charge on any atom is 0.0540 e. The molecule has 0 radical (unpaired) electrons. The lowest BCUT2D eigenvalue weighted by atomic mass is 10.0. The normalized spacial score (nSPS) is 12.1. The number of hydrogen-bond donors (Lipinski definition) is 2. The van der Waals surface area contributed by atoms with Crippen molar-refractivity contribution in [3.63, 3.8) is 0 Å². The van der Waals surface area contributed by atoms with Gasteiger partial charge >= 0.3 is 0 Å². The topological polar surface area (TPSA) is 32.3 Å². The van der Waals surface area contributed by atoms with Gasteiger partial charge in [0.25, 0.3) is 0 Å². The standard InChI is InChI=1S/C27H41NO/c1-2-3-4-5-6-7-8-9-13-18-27(29)19-14-15-24-20-22-26(23-21-24)28-25-16-11-10-12-17-25/h10-12,16-17,20-23,27-29H,2-9,13-15,18-19H2,1H3. The van der Waals surface area contributed by atoms with Crippen molar-refractivity contribution in [3.05, 3.63) is 60.2 Å². The summed E-state index contributed by atoms with van der Waals surface area (Å²) in [5.74, 6) is 0. The maximum atomic E-state index is 10.2. The number of para-hydroxylation sites is 1. The number of unbranched alkanes of at least 4 members (excludes halogenated alkanes) is 8. The molecule has 2 aromatic carbocycles. The quantitative estimate of drug-likeness (QED) is 0.282. The Morgan fingerprint density at radius 2 is 1.21 bits per heavy atom. The van der Waals surface area contributed by atoms with Crippen molar-refractivity contribution in [3.8, 4) is 0 Å². The second kappa shape index (κ2) is 15.1. The predicted molar refractivity (Wildman–Crippen MR) is 127 cm³/mol. The zero-order chi connectivity index (χ0) is 20.6. The molecule has 2 nitrogen and oxygen atoms in total. The summed E-state index contributed by atoms with van der Waals surface area (Å²) >= 11 is 0. The number of nitrogens with one attached hydrogen (secondary N) is 1. The Bertz CT molecular complexity index is 623. The van der Waals surface area contributed by atoms with Crippen LogP contribution in [0.2, 0.25) is 0 Å².